The lowest BCUT2D eigenvalue weighted by atomic mass is 9.54. The van der Waals surface area contributed by atoms with Gasteiger partial charge in [-0.3, -0.25) is 0 Å². The normalized spacial score (nSPS) is 33.7. The number of fused-ring (bicyclic) bond motifs is 10. The van der Waals surface area contributed by atoms with E-state index >= 15 is 0 Å². The van der Waals surface area contributed by atoms with E-state index in [4.69, 9.17) is 0 Å². The van der Waals surface area contributed by atoms with Crippen molar-refractivity contribution in [3.05, 3.63) is 159 Å². The maximum atomic E-state index is 2.75. The van der Waals surface area contributed by atoms with E-state index in [0.717, 1.165) is 0 Å². The number of hydrogen-bond acceptors (Lipinski definition) is 3. The van der Waals surface area contributed by atoms with Crippen molar-refractivity contribution >= 4 is 34.9 Å². The standard InChI is InChI=1S/C50H51NS2/c1-32-23-26-41-48(29-32)52-46-22-11-9-19-40(46)50(41)42-20-12-18-37(49(42)53-47-28-25-34(31-43(47)50)33-13-4-2-5-14-33)35-24-27-45-39(30-35)38-17-8-10-21-44(38)51(45)36-15-6-3-7-16-36/h2-4,6-7,10,15-16,19,21-28,30-33,37-38,41,44,48H,5,8-9,11-14,17-18,20,29H2,1H3. The van der Waals surface area contributed by atoms with Gasteiger partial charge in [-0.05, 0) is 145 Å². The van der Waals surface area contributed by atoms with Crippen LogP contribution in [0.3, 0.4) is 0 Å². The summed E-state index contributed by atoms with van der Waals surface area (Å²) in [6.45, 7) is 2.45. The molecule has 8 aliphatic rings. The molecule has 0 radical (unpaired) electrons. The number of nitrogens with zero attached hydrogens (tertiary/aromatic N) is 1. The molecule has 3 aliphatic heterocycles. The van der Waals surface area contributed by atoms with Crippen LogP contribution in [-0.4, -0.2) is 11.3 Å². The number of rotatable bonds is 3. The van der Waals surface area contributed by atoms with Gasteiger partial charge >= 0.3 is 0 Å². The molecular weight excluding hydrogens is 679 g/mol. The van der Waals surface area contributed by atoms with Crippen molar-refractivity contribution in [2.75, 3.05) is 4.90 Å². The molecule has 8 unspecified atom stereocenters. The number of hydrogen-bond donors (Lipinski definition) is 0. The molecule has 0 bridgehead atoms. The minimum atomic E-state index is -0.0754. The summed E-state index contributed by atoms with van der Waals surface area (Å²) in [4.78, 5) is 7.46. The van der Waals surface area contributed by atoms with Crippen molar-refractivity contribution in [2.45, 2.75) is 117 Å². The fourth-order valence-corrected chi connectivity index (χ4v) is 15.1. The third-order valence-electron chi connectivity index (χ3n) is 14.2. The van der Waals surface area contributed by atoms with Gasteiger partial charge in [0.05, 0.1) is 11.5 Å². The largest absolute Gasteiger partial charge is 0.334 e. The number of para-hydroxylation sites is 1. The van der Waals surface area contributed by atoms with Gasteiger partial charge in [0, 0.05) is 44.2 Å². The Bertz CT molecular complexity index is 2150. The van der Waals surface area contributed by atoms with Crippen LogP contribution in [0, 0.1) is 11.8 Å². The summed E-state index contributed by atoms with van der Waals surface area (Å²) >= 11 is 4.40. The van der Waals surface area contributed by atoms with Gasteiger partial charge in [0.15, 0.2) is 0 Å². The molecule has 8 atom stereocenters. The van der Waals surface area contributed by atoms with E-state index in [0.29, 0.717) is 40.9 Å². The molecule has 0 aromatic heterocycles. The lowest BCUT2D eigenvalue weighted by molar-refractivity contribution is 0.346. The lowest BCUT2D eigenvalue weighted by Crippen LogP contribution is -2.50. The zero-order valence-electron chi connectivity index (χ0n) is 31.1. The van der Waals surface area contributed by atoms with Crippen LogP contribution < -0.4 is 4.90 Å². The summed E-state index contributed by atoms with van der Waals surface area (Å²) < 4.78 is 0. The van der Waals surface area contributed by atoms with Crippen LogP contribution in [0.2, 0.25) is 0 Å². The molecule has 1 fully saturated rings. The highest BCUT2D eigenvalue weighted by atomic mass is 32.2. The molecule has 11 rings (SSSR count). The highest BCUT2D eigenvalue weighted by molar-refractivity contribution is 8.04. The second kappa shape index (κ2) is 13.1. The fourth-order valence-electron chi connectivity index (χ4n) is 11.9. The van der Waals surface area contributed by atoms with Gasteiger partial charge in [0.1, 0.15) is 0 Å². The van der Waals surface area contributed by atoms with Gasteiger partial charge in [-0.25, -0.2) is 0 Å². The number of anilines is 2. The summed E-state index contributed by atoms with van der Waals surface area (Å²) in [7, 11) is 0. The molecule has 3 heteroatoms. The van der Waals surface area contributed by atoms with Crippen molar-refractivity contribution in [3.8, 4) is 0 Å². The first kappa shape index (κ1) is 33.0. The average Bonchev–Trinajstić information content (AvgIpc) is 3.54. The number of benzene rings is 3. The molecule has 1 nitrogen and oxygen atoms in total. The van der Waals surface area contributed by atoms with Crippen molar-refractivity contribution in [3.63, 3.8) is 0 Å². The monoisotopic (exact) mass is 729 g/mol. The van der Waals surface area contributed by atoms with Gasteiger partial charge in [-0.1, -0.05) is 110 Å². The molecule has 0 saturated carbocycles. The second-order valence-electron chi connectivity index (χ2n) is 17.1. The number of allylic oxidation sites excluding steroid dienone is 10. The first-order valence-electron chi connectivity index (χ1n) is 20.8. The van der Waals surface area contributed by atoms with Crippen molar-refractivity contribution in [2.24, 2.45) is 11.8 Å². The molecule has 0 N–H and O–H groups in total. The fraction of sp³-hybridized carbons (Fsp3) is 0.400. The number of thioether (sulfide) groups is 2. The van der Waals surface area contributed by atoms with E-state index in [2.05, 4.69) is 151 Å². The SMILES string of the molecule is CC1C=CC2C(C1)SC1=CCCC=C1C21C2=C(Sc3ccc(C4CC=CCC4)cc31)C(c1ccc3c(c1)C1CCC=CC1N3c1ccccc1)CCC2. The van der Waals surface area contributed by atoms with E-state index in [1.807, 2.05) is 0 Å². The third kappa shape index (κ3) is 5.12. The highest BCUT2D eigenvalue weighted by Gasteiger charge is 2.58. The quantitative estimate of drug-likeness (QED) is 0.247. The molecule has 5 aliphatic carbocycles. The summed E-state index contributed by atoms with van der Waals surface area (Å²) in [5.74, 6) is 2.76. The molecule has 0 amide bonds. The molecule has 3 aromatic carbocycles. The predicted octanol–water partition coefficient (Wildman–Crippen LogP) is 14.0. The molecule has 1 saturated heterocycles. The van der Waals surface area contributed by atoms with Gasteiger partial charge < -0.3 is 4.90 Å². The lowest BCUT2D eigenvalue weighted by Gasteiger charge is -2.57. The summed E-state index contributed by atoms with van der Waals surface area (Å²) in [6, 6.07) is 27.1. The molecule has 1 spiro atoms. The van der Waals surface area contributed by atoms with Gasteiger partial charge in [-0.2, -0.15) is 0 Å². The van der Waals surface area contributed by atoms with Crippen molar-refractivity contribution in [1.29, 1.82) is 0 Å². The van der Waals surface area contributed by atoms with Crippen LogP contribution in [-0.2, 0) is 5.41 Å². The highest BCUT2D eigenvalue weighted by Crippen LogP contribution is 2.69. The van der Waals surface area contributed by atoms with Crippen LogP contribution in [0.15, 0.2) is 141 Å². The smallest absolute Gasteiger partial charge is 0.0591 e. The Morgan fingerprint density at radius 2 is 1.68 bits per heavy atom. The van der Waals surface area contributed by atoms with Crippen LogP contribution in [0.25, 0.3) is 0 Å². The first-order chi connectivity index (χ1) is 26.2. The topological polar surface area (TPSA) is 3.24 Å². The summed E-state index contributed by atoms with van der Waals surface area (Å²) in [5, 5.41) is 0.614. The molecular formula is C50H51NS2. The van der Waals surface area contributed by atoms with E-state index in [1.165, 1.54) is 86.9 Å². The zero-order chi connectivity index (χ0) is 35.1. The second-order valence-corrected chi connectivity index (χ2v) is 19.5. The molecule has 268 valence electrons. The maximum absolute atomic E-state index is 2.75. The Kier molecular flexibility index (Phi) is 8.17. The van der Waals surface area contributed by atoms with Crippen LogP contribution in [0.4, 0.5) is 11.4 Å². The van der Waals surface area contributed by atoms with E-state index in [-0.39, 0.29) is 5.41 Å². The van der Waals surface area contributed by atoms with Gasteiger partial charge in [-0.15, -0.1) is 11.8 Å². The minimum Gasteiger partial charge on any atom is -0.334 e. The minimum absolute atomic E-state index is 0.0754. The van der Waals surface area contributed by atoms with E-state index < -0.39 is 0 Å². The third-order valence-corrected chi connectivity index (χ3v) is 17.0. The Morgan fingerprint density at radius 3 is 2.58 bits per heavy atom. The maximum Gasteiger partial charge on any atom is 0.0591 e. The Balaban J connectivity index is 1.10. The first-order valence-corrected chi connectivity index (χ1v) is 22.5. The Hall–Kier alpha value is -3.40. The van der Waals surface area contributed by atoms with Gasteiger partial charge in [0.2, 0.25) is 0 Å². The van der Waals surface area contributed by atoms with Crippen molar-refractivity contribution < 1.29 is 0 Å². The summed E-state index contributed by atoms with van der Waals surface area (Å²) in [5.41, 5.74) is 12.5. The van der Waals surface area contributed by atoms with E-state index in [9.17, 15) is 0 Å². The Labute approximate surface area is 325 Å². The molecule has 3 heterocycles. The molecule has 53 heavy (non-hydrogen) atoms. The summed E-state index contributed by atoms with van der Waals surface area (Å²) in [6.07, 6.45) is 33.8. The van der Waals surface area contributed by atoms with E-state index in [1.54, 1.807) is 43.2 Å². The average molecular weight is 730 g/mol. The molecule has 3 aromatic rings. The zero-order valence-corrected chi connectivity index (χ0v) is 32.7. The van der Waals surface area contributed by atoms with Crippen LogP contribution in [0.5, 0.6) is 0 Å². The predicted molar refractivity (Wildman–Crippen MR) is 226 cm³/mol. The van der Waals surface area contributed by atoms with Gasteiger partial charge in [0.25, 0.3) is 0 Å². The Morgan fingerprint density at radius 1 is 0.792 bits per heavy atom. The van der Waals surface area contributed by atoms with Crippen molar-refractivity contribution in [1.82, 2.24) is 0 Å². The van der Waals surface area contributed by atoms with Crippen LogP contribution in [0.1, 0.15) is 118 Å². The van der Waals surface area contributed by atoms with Crippen LogP contribution >= 0.6 is 23.5 Å².